The Hall–Kier alpha value is -2.09. The second-order valence-corrected chi connectivity index (χ2v) is 6.61. The van der Waals surface area contributed by atoms with Crippen molar-refractivity contribution in [3.05, 3.63) is 17.4 Å². The van der Waals surface area contributed by atoms with Gasteiger partial charge in [0.15, 0.2) is 0 Å². The van der Waals surface area contributed by atoms with Gasteiger partial charge in [-0.3, -0.25) is 0 Å². The standard InChI is InChI=1S/C14H19ClN4O4/c1-14(2,3)23-13(22)18-4-5-19(10(8-18)11(20)21)12-16-6-9(15)7-17-12/h6-7,10H,4-5,8H2,1-3H3,(H,20,21)/t10-/m0/s1. The van der Waals surface area contributed by atoms with Crippen molar-refractivity contribution < 1.29 is 19.4 Å². The molecule has 2 rings (SSSR count). The summed E-state index contributed by atoms with van der Waals surface area (Å²) in [5, 5.41) is 9.82. The fourth-order valence-electron chi connectivity index (χ4n) is 2.18. The summed E-state index contributed by atoms with van der Waals surface area (Å²) in [6.07, 6.45) is 2.28. The van der Waals surface area contributed by atoms with Crippen LogP contribution in [0.5, 0.6) is 0 Å². The zero-order valence-corrected chi connectivity index (χ0v) is 13.9. The van der Waals surface area contributed by atoms with Crippen LogP contribution < -0.4 is 4.90 Å². The molecule has 1 aromatic heterocycles. The van der Waals surface area contributed by atoms with E-state index in [-0.39, 0.29) is 19.0 Å². The normalized spacial score (nSPS) is 18.7. The van der Waals surface area contributed by atoms with Gasteiger partial charge < -0.3 is 19.6 Å². The summed E-state index contributed by atoms with van der Waals surface area (Å²) in [7, 11) is 0. The van der Waals surface area contributed by atoms with E-state index in [2.05, 4.69) is 9.97 Å². The van der Waals surface area contributed by atoms with Crippen molar-refractivity contribution in [3.8, 4) is 0 Å². The van der Waals surface area contributed by atoms with Gasteiger partial charge in [-0.25, -0.2) is 19.6 Å². The molecule has 1 aromatic rings. The number of aliphatic carboxylic acids is 1. The largest absolute Gasteiger partial charge is 0.480 e. The number of rotatable bonds is 2. The Morgan fingerprint density at radius 2 is 1.91 bits per heavy atom. The van der Waals surface area contributed by atoms with Crippen LogP contribution in [-0.4, -0.2) is 63.3 Å². The Balaban J connectivity index is 2.13. The van der Waals surface area contributed by atoms with Gasteiger partial charge in [-0.1, -0.05) is 11.6 Å². The van der Waals surface area contributed by atoms with Gasteiger partial charge in [0, 0.05) is 13.1 Å². The van der Waals surface area contributed by atoms with Gasteiger partial charge in [-0.15, -0.1) is 0 Å². The molecule has 1 amide bonds. The highest BCUT2D eigenvalue weighted by atomic mass is 35.5. The molecule has 1 saturated heterocycles. The summed E-state index contributed by atoms with van der Waals surface area (Å²) in [5.74, 6) is -0.789. The van der Waals surface area contributed by atoms with Crippen molar-refractivity contribution >= 4 is 29.6 Å². The number of ether oxygens (including phenoxy) is 1. The van der Waals surface area contributed by atoms with E-state index >= 15 is 0 Å². The number of aromatic nitrogens is 2. The Bertz CT molecular complexity index is 587. The van der Waals surface area contributed by atoms with E-state index in [0.29, 0.717) is 11.6 Å². The molecule has 1 aliphatic rings. The van der Waals surface area contributed by atoms with Gasteiger partial charge in [0.25, 0.3) is 0 Å². The summed E-state index contributed by atoms with van der Waals surface area (Å²) < 4.78 is 5.29. The molecule has 0 aliphatic carbocycles. The Labute approximate surface area is 139 Å². The maximum Gasteiger partial charge on any atom is 0.410 e. The molecule has 0 aromatic carbocycles. The highest BCUT2D eigenvalue weighted by Gasteiger charge is 2.37. The average Bonchev–Trinajstić information content (AvgIpc) is 2.45. The van der Waals surface area contributed by atoms with Crippen molar-refractivity contribution in [1.29, 1.82) is 0 Å². The molecular formula is C14H19ClN4O4. The van der Waals surface area contributed by atoms with Gasteiger partial charge >= 0.3 is 12.1 Å². The summed E-state index contributed by atoms with van der Waals surface area (Å²) in [6, 6.07) is -0.947. The molecule has 126 valence electrons. The van der Waals surface area contributed by atoms with Crippen LogP contribution in [0.3, 0.4) is 0 Å². The number of amides is 1. The van der Waals surface area contributed by atoms with Crippen LogP contribution >= 0.6 is 11.6 Å². The SMILES string of the molecule is CC(C)(C)OC(=O)N1CCN(c2ncc(Cl)cn2)[C@H](C(=O)O)C1. The minimum Gasteiger partial charge on any atom is -0.480 e. The van der Waals surface area contributed by atoms with Crippen molar-refractivity contribution in [2.75, 3.05) is 24.5 Å². The summed E-state index contributed by atoms with van der Waals surface area (Å²) in [5.41, 5.74) is -0.633. The molecule has 0 radical (unpaired) electrons. The molecule has 0 bridgehead atoms. The molecular weight excluding hydrogens is 324 g/mol. The molecule has 0 unspecified atom stereocenters. The number of carboxylic acids is 1. The number of anilines is 1. The van der Waals surface area contributed by atoms with Gasteiger partial charge in [0.05, 0.1) is 24.0 Å². The molecule has 0 saturated carbocycles. The molecule has 0 spiro atoms. The summed E-state index contributed by atoms with van der Waals surface area (Å²) in [6.45, 7) is 5.89. The smallest absolute Gasteiger partial charge is 0.410 e. The van der Waals surface area contributed by atoms with E-state index in [1.807, 2.05) is 0 Å². The maximum absolute atomic E-state index is 12.1. The number of hydrogen-bond donors (Lipinski definition) is 1. The van der Waals surface area contributed by atoms with Gasteiger partial charge in [-0.2, -0.15) is 0 Å². The van der Waals surface area contributed by atoms with Gasteiger partial charge in [0.2, 0.25) is 5.95 Å². The van der Waals surface area contributed by atoms with Crippen LogP contribution in [0.4, 0.5) is 10.7 Å². The first-order valence-electron chi connectivity index (χ1n) is 7.12. The quantitative estimate of drug-likeness (QED) is 0.872. The zero-order chi connectivity index (χ0) is 17.2. The van der Waals surface area contributed by atoms with Crippen LogP contribution in [0.1, 0.15) is 20.8 Å². The minimum atomic E-state index is -1.06. The highest BCUT2D eigenvalue weighted by Crippen LogP contribution is 2.19. The number of carbonyl (C=O) groups is 2. The molecule has 1 N–H and O–H groups in total. The second-order valence-electron chi connectivity index (χ2n) is 6.18. The first-order valence-corrected chi connectivity index (χ1v) is 7.50. The first kappa shape index (κ1) is 17.3. The third-order valence-corrected chi connectivity index (χ3v) is 3.38. The summed E-state index contributed by atoms with van der Waals surface area (Å²) in [4.78, 5) is 34.7. The van der Waals surface area contributed by atoms with E-state index in [1.165, 1.54) is 17.3 Å². The molecule has 1 atom stereocenters. The zero-order valence-electron chi connectivity index (χ0n) is 13.2. The van der Waals surface area contributed by atoms with Crippen molar-refractivity contribution in [3.63, 3.8) is 0 Å². The molecule has 23 heavy (non-hydrogen) atoms. The maximum atomic E-state index is 12.1. The van der Waals surface area contributed by atoms with Gasteiger partial charge in [0.1, 0.15) is 11.6 Å². The van der Waals surface area contributed by atoms with Crippen molar-refractivity contribution in [2.24, 2.45) is 0 Å². The van der Waals surface area contributed by atoms with Crippen LogP contribution in [0.25, 0.3) is 0 Å². The number of nitrogens with zero attached hydrogens (tertiary/aromatic N) is 4. The van der Waals surface area contributed by atoms with E-state index in [9.17, 15) is 14.7 Å². The lowest BCUT2D eigenvalue weighted by Crippen LogP contribution is -2.59. The van der Waals surface area contributed by atoms with Gasteiger partial charge in [-0.05, 0) is 20.8 Å². The molecule has 1 fully saturated rings. The monoisotopic (exact) mass is 342 g/mol. The number of carbonyl (C=O) groups excluding carboxylic acids is 1. The Kier molecular flexibility index (Phi) is 4.93. The third kappa shape index (κ3) is 4.44. The third-order valence-electron chi connectivity index (χ3n) is 3.18. The van der Waals surface area contributed by atoms with Crippen molar-refractivity contribution in [2.45, 2.75) is 32.4 Å². The first-order chi connectivity index (χ1) is 10.7. The predicted molar refractivity (Wildman–Crippen MR) is 83.6 cm³/mol. The molecule has 8 nitrogen and oxygen atoms in total. The lowest BCUT2D eigenvalue weighted by atomic mass is 10.1. The van der Waals surface area contributed by atoms with Crippen molar-refractivity contribution in [1.82, 2.24) is 14.9 Å². The number of carboxylic acid groups (broad SMARTS) is 1. The lowest BCUT2D eigenvalue weighted by molar-refractivity contribution is -0.139. The van der Waals surface area contributed by atoms with Crippen LogP contribution in [0, 0.1) is 0 Å². The van der Waals surface area contributed by atoms with E-state index in [4.69, 9.17) is 16.3 Å². The predicted octanol–water partition coefficient (Wildman–Crippen LogP) is 1.64. The second kappa shape index (κ2) is 6.57. The topological polar surface area (TPSA) is 95.9 Å². The fraction of sp³-hybridized carbons (Fsp3) is 0.571. The number of halogens is 1. The highest BCUT2D eigenvalue weighted by molar-refractivity contribution is 6.30. The molecule has 1 aliphatic heterocycles. The van der Waals surface area contributed by atoms with Crippen LogP contribution in [-0.2, 0) is 9.53 Å². The number of hydrogen-bond acceptors (Lipinski definition) is 6. The Morgan fingerprint density at radius 1 is 1.30 bits per heavy atom. The van der Waals surface area contributed by atoms with E-state index < -0.39 is 23.7 Å². The Morgan fingerprint density at radius 3 is 2.43 bits per heavy atom. The molecule has 9 heteroatoms. The van der Waals surface area contributed by atoms with Crippen LogP contribution in [0.15, 0.2) is 12.4 Å². The van der Waals surface area contributed by atoms with E-state index in [1.54, 1.807) is 25.7 Å². The molecule has 2 heterocycles. The summed E-state index contributed by atoms with van der Waals surface area (Å²) >= 11 is 5.75. The lowest BCUT2D eigenvalue weighted by Gasteiger charge is -2.39. The van der Waals surface area contributed by atoms with E-state index in [0.717, 1.165) is 0 Å². The average molecular weight is 343 g/mol. The fourth-order valence-corrected chi connectivity index (χ4v) is 2.28. The minimum absolute atomic E-state index is 0.00374. The number of piperazine rings is 1. The van der Waals surface area contributed by atoms with Crippen LogP contribution in [0.2, 0.25) is 5.02 Å².